The Morgan fingerprint density at radius 2 is 1.75 bits per heavy atom. The van der Waals surface area contributed by atoms with Crippen LogP contribution in [-0.4, -0.2) is 39.1 Å². The summed E-state index contributed by atoms with van der Waals surface area (Å²) < 4.78 is 16.1. The quantitative estimate of drug-likeness (QED) is 0.531. The van der Waals surface area contributed by atoms with Crippen molar-refractivity contribution in [3.8, 4) is 17.2 Å². The SMILES string of the molecule is CCNC(=O)COc1ccc(/C=C/C(=O)c2ccc(C)cc2OC)cc1OC. The van der Waals surface area contributed by atoms with Crippen LogP contribution in [0.25, 0.3) is 6.08 Å². The van der Waals surface area contributed by atoms with E-state index in [4.69, 9.17) is 14.2 Å². The molecule has 0 aliphatic carbocycles. The molecule has 0 fully saturated rings. The van der Waals surface area contributed by atoms with Gasteiger partial charge in [0, 0.05) is 6.54 Å². The topological polar surface area (TPSA) is 73.9 Å². The van der Waals surface area contributed by atoms with E-state index in [1.165, 1.54) is 13.2 Å². The van der Waals surface area contributed by atoms with E-state index in [0.29, 0.717) is 29.4 Å². The number of allylic oxidation sites excluding steroid dienone is 1. The Balaban J connectivity index is 2.13. The van der Waals surface area contributed by atoms with E-state index >= 15 is 0 Å². The maximum absolute atomic E-state index is 12.5. The lowest BCUT2D eigenvalue weighted by Gasteiger charge is -2.11. The average Bonchev–Trinajstić information content (AvgIpc) is 2.70. The summed E-state index contributed by atoms with van der Waals surface area (Å²) in [6.07, 6.45) is 3.18. The zero-order valence-electron chi connectivity index (χ0n) is 16.6. The van der Waals surface area contributed by atoms with E-state index in [1.54, 1.807) is 37.5 Å². The number of amides is 1. The zero-order valence-corrected chi connectivity index (χ0v) is 16.6. The molecular formula is C22H25NO5. The predicted octanol–water partition coefficient (Wildman–Crippen LogP) is 3.42. The molecule has 0 atom stereocenters. The molecule has 0 bridgehead atoms. The highest BCUT2D eigenvalue weighted by atomic mass is 16.5. The van der Waals surface area contributed by atoms with Crippen LogP contribution in [0.3, 0.4) is 0 Å². The Morgan fingerprint density at radius 3 is 2.43 bits per heavy atom. The van der Waals surface area contributed by atoms with E-state index in [-0.39, 0.29) is 18.3 Å². The highest BCUT2D eigenvalue weighted by molar-refractivity contribution is 6.08. The molecule has 0 heterocycles. The van der Waals surface area contributed by atoms with Gasteiger partial charge in [-0.05, 0) is 55.3 Å². The number of ether oxygens (including phenoxy) is 3. The summed E-state index contributed by atoms with van der Waals surface area (Å²) in [7, 11) is 3.06. The standard InChI is InChI=1S/C22H25NO5/c1-5-23-22(25)14-28-19-11-8-16(13-21(19)27-4)7-10-18(24)17-9-6-15(2)12-20(17)26-3/h6-13H,5,14H2,1-4H3,(H,23,25)/b10-7+. The molecule has 6 nitrogen and oxygen atoms in total. The van der Waals surface area contributed by atoms with Crippen molar-refractivity contribution in [2.24, 2.45) is 0 Å². The minimum atomic E-state index is -0.203. The first-order chi connectivity index (χ1) is 13.5. The van der Waals surface area contributed by atoms with Gasteiger partial charge < -0.3 is 19.5 Å². The van der Waals surface area contributed by atoms with E-state index in [2.05, 4.69) is 5.32 Å². The van der Waals surface area contributed by atoms with Gasteiger partial charge in [0.05, 0.1) is 19.8 Å². The number of likely N-dealkylation sites (N-methyl/N-ethyl adjacent to an activating group) is 1. The number of benzene rings is 2. The summed E-state index contributed by atoms with van der Waals surface area (Å²) in [6.45, 7) is 4.23. The number of aryl methyl sites for hydroxylation is 1. The molecule has 0 aliphatic heterocycles. The first-order valence-corrected chi connectivity index (χ1v) is 8.93. The Hall–Kier alpha value is -3.28. The molecule has 0 saturated heterocycles. The molecule has 148 valence electrons. The van der Waals surface area contributed by atoms with Gasteiger partial charge in [0.2, 0.25) is 0 Å². The number of ketones is 1. The summed E-state index contributed by atoms with van der Waals surface area (Å²) in [5, 5.41) is 2.66. The third-order valence-corrected chi connectivity index (χ3v) is 3.97. The van der Waals surface area contributed by atoms with E-state index in [1.807, 2.05) is 26.0 Å². The van der Waals surface area contributed by atoms with Gasteiger partial charge in [-0.2, -0.15) is 0 Å². The fourth-order valence-electron chi connectivity index (χ4n) is 2.56. The number of carbonyl (C=O) groups excluding carboxylic acids is 2. The Morgan fingerprint density at radius 1 is 1.00 bits per heavy atom. The normalized spacial score (nSPS) is 10.6. The van der Waals surface area contributed by atoms with Crippen molar-refractivity contribution in [3.05, 3.63) is 59.2 Å². The molecule has 28 heavy (non-hydrogen) atoms. The van der Waals surface area contributed by atoms with Gasteiger partial charge in [-0.15, -0.1) is 0 Å². The minimum absolute atomic E-state index is 0.0922. The fourth-order valence-corrected chi connectivity index (χ4v) is 2.56. The van der Waals surface area contributed by atoms with Crippen molar-refractivity contribution in [2.45, 2.75) is 13.8 Å². The summed E-state index contributed by atoms with van der Waals surface area (Å²) in [6, 6.07) is 10.7. The van der Waals surface area contributed by atoms with Gasteiger partial charge in [-0.3, -0.25) is 9.59 Å². The van der Waals surface area contributed by atoms with Crippen LogP contribution in [0.1, 0.15) is 28.4 Å². The van der Waals surface area contributed by atoms with Crippen LogP contribution in [0.5, 0.6) is 17.2 Å². The second-order valence-electron chi connectivity index (χ2n) is 6.05. The lowest BCUT2D eigenvalue weighted by molar-refractivity contribution is -0.123. The van der Waals surface area contributed by atoms with Gasteiger partial charge in [0.15, 0.2) is 23.9 Å². The summed E-state index contributed by atoms with van der Waals surface area (Å²) in [4.78, 5) is 24.0. The predicted molar refractivity (Wildman–Crippen MR) is 108 cm³/mol. The van der Waals surface area contributed by atoms with Gasteiger partial charge in [0.25, 0.3) is 5.91 Å². The maximum Gasteiger partial charge on any atom is 0.257 e. The van der Waals surface area contributed by atoms with Gasteiger partial charge in [-0.25, -0.2) is 0 Å². The summed E-state index contributed by atoms with van der Waals surface area (Å²) in [5.74, 6) is 1.11. The molecule has 0 aliphatic rings. The zero-order chi connectivity index (χ0) is 20.5. The van der Waals surface area contributed by atoms with Crippen molar-refractivity contribution in [1.29, 1.82) is 0 Å². The molecule has 0 saturated carbocycles. The second kappa shape index (κ2) is 10.2. The Bertz CT molecular complexity index is 873. The molecule has 6 heteroatoms. The summed E-state index contributed by atoms with van der Waals surface area (Å²) >= 11 is 0. The van der Waals surface area contributed by atoms with Gasteiger partial charge in [-0.1, -0.05) is 18.2 Å². The van der Waals surface area contributed by atoms with E-state index < -0.39 is 0 Å². The molecular weight excluding hydrogens is 358 g/mol. The van der Waals surface area contributed by atoms with E-state index in [0.717, 1.165) is 11.1 Å². The number of hydrogen-bond acceptors (Lipinski definition) is 5. The average molecular weight is 383 g/mol. The maximum atomic E-state index is 12.5. The fraction of sp³-hybridized carbons (Fsp3) is 0.273. The molecule has 0 spiro atoms. The first kappa shape index (κ1) is 21.0. The molecule has 2 rings (SSSR count). The third kappa shape index (κ3) is 5.61. The largest absolute Gasteiger partial charge is 0.496 e. The monoisotopic (exact) mass is 383 g/mol. The number of nitrogens with one attached hydrogen (secondary N) is 1. The molecule has 2 aromatic carbocycles. The van der Waals surface area contributed by atoms with Crippen LogP contribution in [-0.2, 0) is 4.79 Å². The third-order valence-electron chi connectivity index (χ3n) is 3.97. The molecule has 0 aromatic heterocycles. The van der Waals surface area contributed by atoms with Crippen molar-refractivity contribution < 1.29 is 23.8 Å². The highest BCUT2D eigenvalue weighted by Gasteiger charge is 2.11. The van der Waals surface area contributed by atoms with Gasteiger partial charge in [0.1, 0.15) is 5.75 Å². The van der Waals surface area contributed by atoms with Crippen LogP contribution in [0.2, 0.25) is 0 Å². The molecule has 1 N–H and O–H groups in total. The van der Waals surface area contributed by atoms with Crippen LogP contribution < -0.4 is 19.5 Å². The number of rotatable bonds is 9. The highest BCUT2D eigenvalue weighted by Crippen LogP contribution is 2.29. The van der Waals surface area contributed by atoms with Crippen molar-refractivity contribution >= 4 is 17.8 Å². The summed E-state index contributed by atoms with van der Waals surface area (Å²) in [5.41, 5.74) is 2.28. The molecule has 2 aromatic rings. The second-order valence-corrected chi connectivity index (χ2v) is 6.05. The number of hydrogen-bond donors (Lipinski definition) is 1. The van der Waals surface area contributed by atoms with Crippen molar-refractivity contribution in [3.63, 3.8) is 0 Å². The number of methoxy groups -OCH3 is 2. The number of carbonyl (C=O) groups is 2. The van der Waals surface area contributed by atoms with Crippen molar-refractivity contribution in [1.82, 2.24) is 5.32 Å². The Labute approximate surface area is 165 Å². The van der Waals surface area contributed by atoms with Crippen molar-refractivity contribution in [2.75, 3.05) is 27.4 Å². The van der Waals surface area contributed by atoms with Gasteiger partial charge >= 0.3 is 0 Å². The van der Waals surface area contributed by atoms with Crippen LogP contribution >= 0.6 is 0 Å². The minimum Gasteiger partial charge on any atom is -0.496 e. The molecule has 0 radical (unpaired) electrons. The van der Waals surface area contributed by atoms with Crippen LogP contribution in [0.4, 0.5) is 0 Å². The lowest BCUT2D eigenvalue weighted by atomic mass is 10.1. The molecule has 1 amide bonds. The smallest absolute Gasteiger partial charge is 0.257 e. The first-order valence-electron chi connectivity index (χ1n) is 8.93. The van der Waals surface area contributed by atoms with Crippen LogP contribution in [0.15, 0.2) is 42.5 Å². The molecule has 0 unspecified atom stereocenters. The van der Waals surface area contributed by atoms with E-state index in [9.17, 15) is 9.59 Å². The lowest BCUT2D eigenvalue weighted by Crippen LogP contribution is -2.28. The van der Waals surface area contributed by atoms with Crippen LogP contribution in [0, 0.1) is 6.92 Å². The Kier molecular flexibility index (Phi) is 7.63.